The lowest BCUT2D eigenvalue weighted by molar-refractivity contribution is -0.407. The maximum absolute atomic E-state index is 13.3. The first kappa shape index (κ1) is 66.0. The zero-order chi connectivity index (χ0) is 61.5. The Morgan fingerprint density at radius 3 is 1.07 bits per heavy atom. The lowest BCUT2D eigenvalue weighted by Gasteiger charge is -2.52. The van der Waals surface area contributed by atoms with Gasteiger partial charge < -0.3 is 85.3 Å². The lowest BCUT2D eigenvalue weighted by Crippen LogP contribution is -2.69. The molecule has 0 N–H and O–H groups in total. The lowest BCUT2D eigenvalue weighted by atomic mass is 9.95. The van der Waals surface area contributed by atoms with E-state index in [-0.39, 0.29) is 19.8 Å². The molecule has 85 heavy (non-hydrogen) atoms. The molecule has 0 saturated carbocycles. The van der Waals surface area contributed by atoms with Crippen molar-refractivity contribution >= 4 is 41.8 Å². The average Bonchev–Trinajstić information content (AvgIpc) is 1.50. The van der Waals surface area contributed by atoms with Crippen LogP contribution in [0.3, 0.4) is 0 Å². The summed E-state index contributed by atoms with van der Waals surface area (Å²) in [4.78, 5) is 90.4. The number of hydrogen-bond donors (Lipinski definition) is 0. The Hall–Kier alpha value is -6.49. The minimum absolute atomic E-state index is 0.0225. The molecule has 0 bridgehead atoms. The van der Waals surface area contributed by atoms with Gasteiger partial charge in [-0.2, -0.15) is 0 Å². The number of rotatable bonds is 24. The molecular weight excluding hydrogens is 1120 g/mol. The Balaban J connectivity index is 1.44. The summed E-state index contributed by atoms with van der Waals surface area (Å²) in [6.07, 6.45) is -28.7. The first-order valence-corrected chi connectivity index (χ1v) is 27.8. The number of methoxy groups -OCH3 is 1. The van der Waals surface area contributed by atoms with Crippen molar-refractivity contribution in [3.8, 4) is 0 Å². The van der Waals surface area contributed by atoms with E-state index in [2.05, 4.69) is 0 Å². The van der Waals surface area contributed by atoms with Gasteiger partial charge in [0.05, 0.1) is 38.1 Å². The zero-order valence-corrected chi connectivity index (χ0v) is 49.2. The Morgan fingerprint density at radius 1 is 0.341 bits per heavy atom. The summed E-state index contributed by atoms with van der Waals surface area (Å²) in [6, 6.07) is 27.7. The van der Waals surface area contributed by atoms with Gasteiger partial charge in [0.15, 0.2) is 61.8 Å². The molecule has 4 fully saturated rings. The Labute approximate surface area is 492 Å². The Morgan fingerprint density at radius 2 is 0.659 bits per heavy atom. The van der Waals surface area contributed by atoms with E-state index in [1.165, 1.54) is 14.0 Å². The minimum Gasteiger partial charge on any atom is -0.463 e. The Kier molecular flexibility index (Phi) is 24.3. The SMILES string of the molecule is CO[C@@H]1OC(C)[C@H](OCc2ccccc2)C(O[C@@H]2OC(C)[C@H](OCc3ccccc3)C(O[C@@H]3OC(C)[C@H](OC(C)=O)C(OC(C)=O)C3OC(C)=O)C2O[C@@H]2OC(COC(C)=O)[C@@H](OC(C)=O)C(OC(C)=O)C2OC(C)=O)C1OCc1ccccc1. The summed E-state index contributed by atoms with van der Waals surface area (Å²) >= 11 is 0. The number of hydrogen-bond acceptors (Lipinski definition) is 25. The highest BCUT2D eigenvalue weighted by atomic mass is 16.8. The number of carbonyl (C=O) groups is 7. The van der Waals surface area contributed by atoms with Crippen LogP contribution < -0.4 is 0 Å². The molecule has 25 heteroatoms. The van der Waals surface area contributed by atoms with Gasteiger partial charge in [0, 0.05) is 55.6 Å². The van der Waals surface area contributed by atoms with E-state index in [9.17, 15) is 33.6 Å². The van der Waals surface area contributed by atoms with Crippen molar-refractivity contribution in [2.24, 2.45) is 0 Å². The molecule has 12 unspecified atom stereocenters. The summed E-state index contributed by atoms with van der Waals surface area (Å²) < 4.78 is 114. The van der Waals surface area contributed by atoms with Gasteiger partial charge in [0.25, 0.3) is 0 Å². The van der Waals surface area contributed by atoms with Gasteiger partial charge >= 0.3 is 41.8 Å². The third-order valence-corrected chi connectivity index (χ3v) is 14.0. The molecule has 25 nitrogen and oxygen atoms in total. The molecule has 466 valence electrons. The summed E-state index contributed by atoms with van der Waals surface area (Å²) in [5.41, 5.74) is 2.28. The molecule has 4 aliphatic heterocycles. The number of benzene rings is 3. The van der Waals surface area contributed by atoms with E-state index in [0.29, 0.717) is 5.56 Å². The van der Waals surface area contributed by atoms with Gasteiger partial charge in [0.1, 0.15) is 49.3 Å². The van der Waals surface area contributed by atoms with E-state index in [4.69, 9.17) is 85.3 Å². The molecule has 7 rings (SSSR count). The average molecular weight is 1200 g/mol. The maximum Gasteiger partial charge on any atom is 0.303 e. The second kappa shape index (κ2) is 31.2. The smallest absolute Gasteiger partial charge is 0.303 e. The predicted octanol–water partition coefficient (Wildman–Crippen LogP) is 4.66. The van der Waals surface area contributed by atoms with E-state index < -0.39 is 171 Å². The fourth-order valence-corrected chi connectivity index (χ4v) is 10.5. The molecule has 3 aromatic rings. The summed E-state index contributed by atoms with van der Waals surface area (Å²) in [5, 5.41) is 0. The molecule has 0 spiro atoms. The first-order valence-electron chi connectivity index (χ1n) is 27.8. The van der Waals surface area contributed by atoms with Crippen LogP contribution in [0.5, 0.6) is 0 Å². The van der Waals surface area contributed by atoms with Gasteiger partial charge in [-0.05, 0) is 37.5 Å². The van der Waals surface area contributed by atoms with Gasteiger partial charge in [-0.25, -0.2) is 0 Å². The Bertz CT molecular complexity index is 2660. The fourth-order valence-electron chi connectivity index (χ4n) is 10.5. The van der Waals surface area contributed by atoms with Crippen molar-refractivity contribution in [2.75, 3.05) is 13.7 Å². The number of carbonyl (C=O) groups excluding carboxylic acids is 7. The summed E-state index contributed by atoms with van der Waals surface area (Å²) in [7, 11) is 1.44. The zero-order valence-electron chi connectivity index (χ0n) is 49.2. The standard InChI is InChI=1S/C60H76O25/c1-31-45(70-27-41-21-15-12-16-22-41)49(53(57(68-11)73-31)72-29-43-25-19-14-20-26-43)83-59-56(85-60-55(81-40(10)67)52(79-38(8)65)48(77-36(6)63)44(82-60)30-69-34(4)61)50(46(32(2)74-59)71-28-42-23-17-13-18-24-42)84-58-54(80-39(9)66)51(78-37(7)64)47(33(3)75-58)76-35(5)62/h12-26,31-33,44-60H,27-30H2,1-11H3/t31?,32?,33?,44?,45-,46-,47-,48+,49?,50?,51?,52?,53?,54?,55?,56?,57+,58-,59-,60-/m0/s1. The van der Waals surface area contributed by atoms with Crippen molar-refractivity contribution in [3.05, 3.63) is 108 Å². The molecule has 0 amide bonds. The van der Waals surface area contributed by atoms with Crippen LogP contribution in [-0.2, 0) is 139 Å². The van der Waals surface area contributed by atoms with E-state index in [0.717, 1.165) is 59.6 Å². The monoisotopic (exact) mass is 1200 g/mol. The van der Waals surface area contributed by atoms with Crippen molar-refractivity contribution in [3.63, 3.8) is 0 Å². The molecule has 0 aliphatic carbocycles. The third-order valence-electron chi connectivity index (χ3n) is 14.0. The summed E-state index contributed by atoms with van der Waals surface area (Å²) in [6.45, 7) is 12.0. The summed E-state index contributed by atoms with van der Waals surface area (Å²) in [5.74, 6) is -6.02. The van der Waals surface area contributed by atoms with E-state index in [1.807, 2.05) is 78.9 Å². The molecular formula is C60H76O25. The van der Waals surface area contributed by atoms with Crippen molar-refractivity contribution in [1.29, 1.82) is 0 Å². The molecule has 0 aromatic heterocycles. The van der Waals surface area contributed by atoms with Crippen LogP contribution in [-0.4, -0.2) is 178 Å². The predicted molar refractivity (Wildman–Crippen MR) is 288 cm³/mol. The second-order valence-corrected chi connectivity index (χ2v) is 20.7. The first-order chi connectivity index (χ1) is 40.6. The van der Waals surface area contributed by atoms with Crippen LogP contribution in [0.4, 0.5) is 0 Å². The van der Waals surface area contributed by atoms with Crippen LogP contribution in [0.25, 0.3) is 0 Å². The molecule has 4 aliphatic rings. The van der Waals surface area contributed by atoms with Crippen molar-refractivity contribution in [1.82, 2.24) is 0 Å². The van der Waals surface area contributed by atoms with Gasteiger partial charge in [-0.3, -0.25) is 33.6 Å². The van der Waals surface area contributed by atoms with Crippen LogP contribution in [0.1, 0.15) is 85.9 Å². The topological polar surface area (TPSA) is 286 Å². The van der Waals surface area contributed by atoms with Crippen LogP contribution in [0.15, 0.2) is 91.0 Å². The highest BCUT2D eigenvalue weighted by molar-refractivity contribution is 5.69. The number of esters is 7. The molecule has 20 atom stereocenters. The normalized spacial score (nSPS) is 32.8. The maximum atomic E-state index is 13.3. The second-order valence-electron chi connectivity index (χ2n) is 20.7. The quantitative estimate of drug-likeness (QED) is 0.0871. The highest BCUT2D eigenvalue weighted by Crippen LogP contribution is 2.41. The van der Waals surface area contributed by atoms with Gasteiger partial charge in [-0.1, -0.05) is 91.0 Å². The number of ether oxygens (including phenoxy) is 18. The molecule has 3 aromatic carbocycles. The van der Waals surface area contributed by atoms with Crippen LogP contribution in [0, 0.1) is 0 Å². The van der Waals surface area contributed by atoms with Crippen molar-refractivity contribution in [2.45, 2.75) is 212 Å². The largest absolute Gasteiger partial charge is 0.463 e. The van der Waals surface area contributed by atoms with E-state index >= 15 is 0 Å². The third kappa shape index (κ3) is 18.3. The van der Waals surface area contributed by atoms with Gasteiger partial charge in [0.2, 0.25) is 0 Å². The van der Waals surface area contributed by atoms with Crippen molar-refractivity contribution < 1.29 is 119 Å². The molecule has 0 radical (unpaired) electrons. The van der Waals surface area contributed by atoms with Gasteiger partial charge in [-0.15, -0.1) is 0 Å². The van der Waals surface area contributed by atoms with Crippen LogP contribution >= 0.6 is 0 Å². The molecule has 4 heterocycles. The van der Waals surface area contributed by atoms with Crippen LogP contribution in [0.2, 0.25) is 0 Å². The fraction of sp³-hybridized carbons (Fsp3) is 0.583. The van der Waals surface area contributed by atoms with E-state index in [1.54, 1.807) is 26.0 Å². The molecule has 4 saturated heterocycles. The highest BCUT2D eigenvalue weighted by Gasteiger charge is 2.60. The minimum atomic E-state index is -1.93.